The maximum atomic E-state index is 2.72. The molecule has 0 aromatic heterocycles. The summed E-state index contributed by atoms with van der Waals surface area (Å²) in [6.07, 6.45) is 6.93. The first kappa shape index (κ1) is 17.2. The average molecular weight is 356 g/mol. The van der Waals surface area contributed by atoms with Crippen molar-refractivity contribution in [2.24, 2.45) is 17.8 Å². The van der Waals surface area contributed by atoms with Gasteiger partial charge in [0.25, 0.3) is 0 Å². The van der Waals surface area contributed by atoms with Crippen LogP contribution in [-0.2, 0) is 0 Å². The van der Waals surface area contributed by atoms with Gasteiger partial charge in [-0.2, -0.15) is 3.92 Å². The van der Waals surface area contributed by atoms with Crippen LogP contribution in [0, 0.1) is 17.8 Å². The minimum absolute atomic E-state index is 0.897. The second kappa shape index (κ2) is 10.1. The molecule has 99 valence electrons. The van der Waals surface area contributed by atoms with E-state index in [1.165, 1.54) is 31.8 Å². The van der Waals surface area contributed by atoms with E-state index in [9.17, 15) is 0 Å². The second-order valence-electron chi connectivity index (χ2n) is 4.94. The minimum Gasteiger partial charge on any atom is -0.793 e. The van der Waals surface area contributed by atoms with E-state index in [-0.39, 0.29) is 0 Å². The maximum Gasteiger partial charge on any atom is -0.0371 e. The lowest BCUT2D eigenvalue weighted by molar-refractivity contribution is -0.437. The van der Waals surface area contributed by atoms with Crippen molar-refractivity contribution < 1.29 is 22.6 Å². The Bertz CT molecular complexity index is 161. The third-order valence-electron chi connectivity index (χ3n) is 4.00. The topological polar surface area (TPSA) is 0 Å². The van der Waals surface area contributed by atoms with E-state index < -0.39 is 0 Å². The summed E-state index contributed by atoms with van der Waals surface area (Å²) in [6, 6.07) is 0. The Balaban J connectivity index is 4.41. The first-order valence-corrected chi connectivity index (χ1v) is 9.86. The smallest absolute Gasteiger partial charge is 0.0371 e. The molecule has 5 unspecified atom stereocenters. The molecule has 0 heterocycles. The van der Waals surface area contributed by atoms with Crippen molar-refractivity contribution in [2.45, 2.75) is 57.3 Å². The van der Waals surface area contributed by atoms with Crippen LogP contribution in [0.4, 0.5) is 0 Å². The van der Waals surface area contributed by atoms with E-state index in [1.54, 1.807) is 0 Å². The molecule has 2 heteroatoms. The minimum atomic E-state index is 0.897. The van der Waals surface area contributed by atoms with Gasteiger partial charge < -0.3 is 22.6 Å². The Morgan fingerprint density at radius 1 is 1.00 bits per heavy atom. The second-order valence-corrected chi connectivity index (χ2v) is 7.75. The normalized spacial score (nSPS) is 19.9. The van der Waals surface area contributed by atoms with Crippen LogP contribution in [0.2, 0.25) is 0 Å². The highest BCUT2D eigenvalue weighted by molar-refractivity contribution is 7.36. The molecule has 0 saturated heterocycles. The monoisotopic (exact) mass is 356 g/mol. The van der Waals surface area contributed by atoms with Gasteiger partial charge >= 0.3 is 0 Å². The Labute approximate surface area is 119 Å². The van der Waals surface area contributed by atoms with Gasteiger partial charge in [-0.25, -0.2) is 0 Å². The molecule has 0 aliphatic carbocycles. The van der Waals surface area contributed by atoms with Crippen molar-refractivity contribution in [3.63, 3.8) is 0 Å². The number of halogens is 1. The molecular weight excluding hydrogens is 326 g/mol. The van der Waals surface area contributed by atoms with Crippen molar-refractivity contribution >= 4 is 8.58 Å². The summed E-state index contributed by atoms with van der Waals surface area (Å²) in [6.45, 7) is 11.9. The van der Waals surface area contributed by atoms with Crippen LogP contribution in [-0.4, -0.2) is 16.8 Å². The molecule has 0 nitrogen and oxygen atoms in total. The lowest BCUT2D eigenvalue weighted by Crippen LogP contribution is -3.39. The Morgan fingerprint density at radius 2 is 1.56 bits per heavy atom. The largest absolute Gasteiger partial charge is 0.793 e. The number of alkyl halides is 1. The molecule has 0 aromatic rings. The zero-order valence-corrected chi connectivity index (χ0v) is 14.9. The lowest BCUT2D eigenvalue weighted by Gasteiger charge is -2.40. The van der Waals surface area contributed by atoms with Gasteiger partial charge in [-0.15, -0.1) is 8.58 Å². The quantitative estimate of drug-likeness (QED) is 0.335. The van der Waals surface area contributed by atoms with Crippen LogP contribution in [0.1, 0.15) is 53.4 Å². The van der Waals surface area contributed by atoms with E-state index in [0.717, 1.165) is 30.3 Å². The summed E-state index contributed by atoms with van der Waals surface area (Å²) in [5.41, 5.74) is 0. The SMILES string of the molecule is CCC(C)C(CC)C(CC)C([I-])CCPC. The molecule has 1 radical (unpaired) electrons. The standard InChI is InChI=1S/C14H30IP/c1-6-11(4)12(7-2)13(8-3)14(15)9-10-16-5/h11-14,16H,6-10H2,1-5H3/q-1. The van der Waals surface area contributed by atoms with E-state index in [1.807, 2.05) is 0 Å². The molecule has 0 fully saturated rings. The molecule has 16 heavy (non-hydrogen) atoms. The summed E-state index contributed by atoms with van der Waals surface area (Å²) in [5.74, 6) is 2.78. The summed E-state index contributed by atoms with van der Waals surface area (Å²) in [5, 5.41) is 0. The van der Waals surface area contributed by atoms with Crippen LogP contribution in [0.5, 0.6) is 0 Å². The fraction of sp³-hybridized carbons (Fsp3) is 1.00. The number of hydrogen-bond donors (Lipinski definition) is 0. The molecule has 0 rings (SSSR count). The summed E-state index contributed by atoms with van der Waals surface area (Å²) >= 11 is 2.72. The fourth-order valence-electron chi connectivity index (χ4n) is 2.75. The highest BCUT2D eigenvalue weighted by atomic mass is 127. The molecule has 0 spiro atoms. The van der Waals surface area contributed by atoms with Crippen LogP contribution in [0.25, 0.3) is 0 Å². The number of hydrogen-bond acceptors (Lipinski definition) is 0. The van der Waals surface area contributed by atoms with Gasteiger partial charge in [-0.3, -0.25) is 0 Å². The van der Waals surface area contributed by atoms with Gasteiger partial charge in [0.1, 0.15) is 0 Å². The van der Waals surface area contributed by atoms with Gasteiger partial charge in [0.15, 0.2) is 0 Å². The first-order chi connectivity index (χ1) is 7.62. The van der Waals surface area contributed by atoms with Crippen molar-refractivity contribution in [1.82, 2.24) is 0 Å². The van der Waals surface area contributed by atoms with Crippen LogP contribution < -0.4 is 22.6 Å². The van der Waals surface area contributed by atoms with E-state index in [0.29, 0.717) is 0 Å². The highest BCUT2D eigenvalue weighted by Crippen LogP contribution is 2.31. The molecule has 0 aliphatic heterocycles. The summed E-state index contributed by atoms with van der Waals surface area (Å²) in [7, 11) is 1.13. The van der Waals surface area contributed by atoms with Gasteiger partial charge in [0.2, 0.25) is 0 Å². The molecule has 0 aromatic carbocycles. The van der Waals surface area contributed by atoms with E-state index >= 15 is 0 Å². The first-order valence-electron chi connectivity index (χ1n) is 6.90. The van der Waals surface area contributed by atoms with Gasteiger partial charge in [-0.05, 0) is 24.7 Å². The predicted octanol–water partition coefficient (Wildman–Crippen LogP) is 1.71. The van der Waals surface area contributed by atoms with Gasteiger partial charge in [-0.1, -0.05) is 59.3 Å². The molecular formula is C14H30IP-. The van der Waals surface area contributed by atoms with Crippen molar-refractivity contribution in [2.75, 3.05) is 12.8 Å². The highest BCUT2D eigenvalue weighted by Gasteiger charge is 2.23. The van der Waals surface area contributed by atoms with Crippen molar-refractivity contribution in [3.05, 3.63) is 0 Å². The predicted molar refractivity (Wildman–Crippen MR) is 74.5 cm³/mol. The maximum absolute atomic E-state index is 2.72. The average Bonchev–Trinajstić information content (AvgIpc) is 2.31. The van der Waals surface area contributed by atoms with Crippen molar-refractivity contribution in [1.29, 1.82) is 0 Å². The molecule has 5 atom stereocenters. The molecule has 0 saturated carbocycles. The summed E-state index contributed by atoms with van der Waals surface area (Å²) in [4.78, 5) is 0. The van der Waals surface area contributed by atoms with E-state index in [2.05, 4.69) is 57.0 Å². The molecule has 0 amide bonds. The molecule has 0 aliphatic rings. The summed E-state index contributed by atoms with van der Waals surface area (Å²) < 4.78 is 0.897. The number of rotatable bonds is 9. The third kappa shape index (κ3) is 5.67. The Kier molecular flexibility index (Phi) is 10.9. The zero-order chi connectivity index (χ0) is 12.6. The fourth-order valence-corrected chi connectivity index (χ4v) is 5.29. The van der Waals surface area contributed by atoms with Gasteiger partial charge in [0, 0.05) is 0 Å². The van der Waals surface area contributed by atoms with E-state index in [4.69, 9.17) is 0 Å². The Morgan fingerprint density at radius 3 is 1.94 bits per heavy atom. The molecule has 0 bridgehead atoms. The zero-order valence-electron chi connectivity index (χ0n) is 11.7. The Hall–Kier alpha value is 1.16. The lowest BCUT2D eigenvalue weighted by atomic mass is 9.76. The van der Waals surface area contributed by atoms with Crippen molar-refractivity contribution in [3.8, 4) is 0 Å². The van der Waals surface area contributed by atoms with Crippen LogP contribution in [0.15, 0.2) is 0 Å². The third-order valence-corrected chi connectivity index (χ3v) is 6.34. The molecule has 0 N–H and O–H groups in total. The van der Waals surface area contributed by atoms with Crippen LogP contribution in [0.3, 0.4) is 0 Å². The van der Waals surface area contributed by atoms with Gasteiger partial charge in [0.05, 0.1) is 0 Å². The van der Waals surface area contributed by atoms with Crippen LogP contribution >= 0.6 is 8.58 Å².